The largest absolute Gasteiger partial charge is 0.0613 e. The summed E-state index contributed by atoms with van der Waals surface area (Å²) in [5, 5.41) is 0. The molecule has 0 aliphatic heterocycles. The summed E-state index contributed by atoms with van der Waals surface area (Å²) in [6, 6.07) is 24.9. The van der Waals surface area contributed by atoms with E-state index in [1.54, 1.807) is 0 Å². The van der Waals surface area contributed by atoms with Crippen LogP contribution in [0.1, 0.15) is 37.5 Å². The molecule has 0 bridgehead atoms. The Hall–Kier alpha value is -2.34. The Bertz CT molecular complexity index is 727. The molecule has 0 saturated carbocycles. The molecule has 3 aromatic rings. The summed E-state index contributed by atoms with van der Waals surface area (Å²) < 4.78 is 0. The van der Waals surface area contributed by atoms with E-state index in [9.17, 15) is 0 Å². The van der Waals surface area contributed by atoms with E-state index in [-0.39, 0.29) is 0 Å². The molecule has 0 aliphatic carbocycles. The van der Waals surface area contributed by atoms with E-state index in [0.717, 1.165) is 19.3 Å². The predicted octanol–water partition coefficient (Wildman–Crippen LogP) is 6.71. The van der Waals surface area contributed by atoms with Crippen molar-refractivity contribution in [2.24, 2.45) is 0 Å². The first-order chi connectivity index (χ1) is 11.7. The monoisotopic (exact) mass is 314 g/mol. The second-order valence-electron chi connectivity index (χ2n) is 6.37. The van der Waals surface area contributed by atoms with E-state index < -0.39 is 0 Å². The standard InChI is InChI=1S/C24H26/c1-4-18-7-11-21(12-8-18)23-15-20(6-3)16-24(17-23)22-13-9-19(5-2)10-14-22/h7-17H,4-6H2,1-3H3. The van der Waals surface area contributed by atoms with Gasteiger partial charge in [-0.25, -0.2) is 0 Å². The third-order valence-corrected chi connectivity index (χ3v) is 4.79. The highest BCUT2D eigenvalue weighted by atomic mass is 14.1. The second kappa shape index (κ2) is 7.49. The molecule has 122 valence electrons. The average molecular weight is 314 g/mol. The zero-order valence-corrected chi connectivity index (χ0v) is 15.0. The molecule has 0 fully saturated rings. The van der Waals surface area contributed by atoms with Gasteiger partial charge in [-0.05, 0) is 64.3 Å². The highest BCUT2D eigenvalue weighted by Gasteiger charge is 2.05. The van der Waals surface area contributed by atoms with Gasteiger partial charge in [-0.1, -0.05) is 81.4 Å². The van der Waals surface area contributed by atoms with Gasteiger partial charge in [-0.3, -0.25) is 0 Å². The lowest BCUT2D eigenvalue weighted by atomic mass is 9.94. The van der Waals surface area contributed by atoms with Gasteiger partial charge in [0.1, 0.15) is 0 Å². The highest BCUT2D eigenvalue weighted by Crippen LogP contribution is 2.29. The van der Waals surface area contributed by atoms with Crippen LogP contribution in [0.3, 0.4) is 0 Å². The molecule has 0 atom stereocenters. The molecule has 0 unspecified atom stereocenters. The average Bonchev–Trinajstić information content (AvgIpc) is 2.67. The van der Waals surface area contributed by atoms with Gasteiger partial charge >= 0.3 is 0 Å². The van der Waals surface area contributed by atoms with Crippen LogP contribution < -0.4 is 0 Å². The smallest absolute Gasteiger partial charge is 0.0175 e. The minimum Gasteiger partial charge on any atom is -0.0613 e. The van der Waals surface area contributed by atoms with E-state index in [1.165, 1.54) is 38.9 Å². The van der Waals surface area contributed by atoms with E-state index in [2.05, 4.69) is 87.5 Å². The highest BCUT2D eigenvalue weighted by molar-refractivity contribution is 5.74. The Morgan fingerprint density at radius 2 is 0.792 bits per heavy atom. The number of benzene rings is 3. The van der Waals surface area contributed by atoms with Crippen LogP contribution in [0.25, 0.3) is 22.3 Å². The van der Waals surface area contributed by atoms with E-state index >= 15 is 0 Å². The van der Waals surface area contributed by atoms with E-state index in [4.69, 9.17) is 0 Å². The first kappa shape index (κ1) is 16.5. The minimum atomic E-state index is 1.06. The SMILES string of the molecule is CCc1ccc(-c2cc(CC)cc(-c3ccc(CC)cc3)c2)cc1. The molecular formula is C24H26. The summed E-state index contributed by atoms with van der Waals surface area (Å²) in [4.78, 5) is 0. The zero-order valence-electron chi connectivity index (χ0n) is 15.0. The van der Waals surface area contributed by atoms with Crippen molar-refractivity contribution in [3.63, 3.8) is 0 Å². The summed E-state index contributed by atoms with van der Waals surface area (Å²) in [5.41, 5.74) is 9.39. The maximum atomic E-state index is 2.32. The van der Waals surface area contributed by atoms with Crippen molar-refractivity contribution >= 4 is 0 Å². The quantitative estimate of drug-likeness (QED) is 0.491. The molecule has 0 heteroatoms. The molecule has 0 aliphatic rings. The summed E-state index contributed by atoms with van der Waals surface area (Å²) in [6.45, 7) is 6.62. The fourth-order valence-corrected chi connectivity index (χ4v) is 3.10. The topological polar surface area (TPSA) is 0 Å². The van der Waals surface area contributed by atoms with Crippen LogP contribution in [0.2, 0.25) is 0 Å². The van der Waals surface area contributed by atoms with Crippen molar-refractivity contribution in [2.75, 3.05) is 0 Å². The minimum absolute atomic E-state index is 1.06. The van der Waals surface area contributed by atoms with Gasteiger partial charge in [0.05, 0.1) is 0 Å². The van der Waals surface area contributed by atoms with Crippen LogP contribution in [0.15, 0.2) is 66.7 Å². The van der Waals surface area contributed by atoms with Crippen LogP contribution in [0, 0.1) is 0 Å². The van der Waals surface area contributed by atoms with Crippen LogP contribution in [0.5, 0.6) is 0 Å². The van der Waals surface area contributed by atoms with Gasteiger partial charge < -0.3 is 0 Å². The van der Waals surface area contributed by atoms with Crippen molar-refractivity contribution < 1.29 is 0 Å². The van der Waals surface area contributed by atoms with E-state index in [0.29, 0.717) is 0 Å². The lowest BCUT2D eigenvalue weighted by Gasteiger charge is -2.11. The summed E-state index contributed by atoms with van der Waals surface area (Å²) in [7, 11) is 0. The van der Waals surface area contributed by atoms with Gasteiger partial charge in [0.15, 0.2) is 0 Å². The van der Waals surface area contributed by atoms with Crippen LogP contribution in [-0.4, -0.2) is 0 Å². The van der Waals surface area contributed by atoms with Crippen molar-refractivity contribution in [1.29, 1.82) is 0 Å². The zero-order chi connectivity index (χ0) is 16.9. The van der Waals surface area contributed by atoms with Crippen molar-refractivity contribution in [1.82, 2.24) is 0 Å². The summed E-state index contributed by atoms with van der Waals surface area (Å²) in [5.74, 6) is 0. The second-order valence-corrected chi connectivity index (χ2v) is 6.37. The molecule has 0 saturated heterocycles. The van der Waals surface area contributed by atoms with Crippen molar-refractivity contribution in [3.8, 4) is 22.3 Å². The lowest BCUT2D eigenvalue weighted by Crippen LogP contribution is -1.89. The molecule has 0 aromatic heterocycles. The molecule has 0 heterocycles. The third kappa shape index (κ3) is 3.59. The Kier molecular flexibility index (Phi) is 5.15. The van der Waals surface area contributed by atoms with Gasteiger partial charge in [0.25, 0.3) is 0 Å². The molecule has 0 amide bonds. The van der Waals surface area contributed by atoms with Crippen LogP contribution >= 0.6 is 0 Å². The van der Waals surface area contributed by atoms with Gasteiger partial charge in [0.2, 0.25) is 0 Å². The fourth-order valence-electron chi connectivity index (χ4n) is 3.10. The first-order valence-electron chi connectivity index (χ1n) is 9.06. The molecule has 3 rings (SSSR count). The number of aryl methyl sites for hydroxylation is 3. The van der Waals surface area contributed by atoms with Crippen LogP contribution in [0.4, 0.5) is 0 Å². The normalized spacial score (nSPS) is 10.8. The van der Waals surface area contributed by atoms with Crippen molar-refractivity contribution in [2.45, 2.75) is 40.0 Å². The number of rotatable bonds is 5. The number of hydrogen-bond donors (Lipinski definition) is 0. The van der Waals surface area contributed by atoms with E-state index in [1.807, 2.05) is 0 Å². The Morgan fingerprint density at radius 1 is 0.417 bits per heavy atom. The maximum absolute atomic E-state index is 2.32. The Morgan fingerprint density at radius 3 is 1.12 bits per heavy atom. The van der Waals surface area contributed by atoms with Crippen LogP contribution in [-0.2, 0) is 19.3 Å². The van der Waals surface area contributed by atoms with Gasteiger partial charge in [0, 0.05) is 0 Å². The summed E-state index contributed by atoms with van der Waals surface area (Å²) >= 11 is 0. The molecule has 0 radical (unpaired) electrons. The molecule has 3 aromatic carbocycles. The molecule has 0 spiro atoms. The van der Waals surface area contributed by atoms with Crippen molar-refractivity contribution in [3.05, 3.63) is 83.4 Å². The molecule has 0 N–H and O–H groups in total. The lowest BCUT2D eigenvalue weighted by molar-refractivity contribution is 1.13. The van der Waals surface area contributed by atoms with Gasteiger partial charge in [-0.2, -0.15) is 0 Å². The predicted molar refractivity (Wildman–Crippen MR) is 105 cm³/mol. The molecule has 0 nitrogen and oxygen atoms in total. The van der Waals surface area contributed by atoms with Gasteiger partial charge in [-0.15, -0.1) is 0 Å². The molecular weight excluding hydrogens is 288 g/mol. The molecule has 24 heavy (non-hydrogen) atoms. The third-order valence-electron chi connectivity index (χ3n) is 4.79. The number of hydrogen-bond acceptors (Lipinski definition) is 0. The first-order valence-corrected chi connectivity index (χ1v) is 9.06. The Labute approximate surface area is 146 Å². The maximum Gasteiger partial charge on any atom is -0.0175 e. The summed E-state index contributed by atoms with van der Waals surface area (Å²) in [6.07, 6.45) is 3.23. The fraction of sp³-hybridized carbons (Fsp3) is 0.250. The Balaban J connectivity index is 2.03.